The molecule has 1 atom stereocenters. The van der Waals surface area contributed by atoms with E-state index in [4.69, 9.17) is 11.6 Å². The predicted octanol–water partition coefficient (Wildman–Crippen LogP) is 2.72. The molecule has 1 N–H and O–H groups in total. The zero-order chi connectivity index (χ0) is 15.4. The molecular weight excluding hydrogens is 286 g/mol. The van der Waals surface area contributed by atoms with Gasteiger partial charge >= 0.3 is 0 Å². The van der Waals surface area contributed by atoms with Crippen LogP contribution in [-0.4, -0.2) is 32.5 Å². The lowest BCUT2D eigenvalue weighted by molar-refractivity contribution is 0.299. The number of hydrogen-bond donors (Lipinski definition) is 1. The summed E-state index contributed by atoms with van der Waals surface area (Å²) in [6.45, 7) is 8.44. The van der Waals surface area contributed by atoms with E-state index in [0.717, 1.165) is 16.8 Å². The largest absolute Gasteiger partial charge is 0.317 e. The van der Waals surface area contributed by atoms with E-state index in [2.05, 4.69) is 49.3 Å². The molecule has 112 valence electrons. The van der Waals surface area contributed by atoms with E-state index < -0.39 is 0 Å². The number of hydrazine groups is 1. The first-order valence-electron chi connectivity index (χ1n) is 6.95. The van der Waals surface area contributed by atoms with Crippen molar-refractivity contribution in [3.63, 3.8) is 0 Å². The highest BCUT2D eigenvalue weighted by atomic mass is 35.5. The highest BCUT2D eigenvalue weighted by molar-refractivity contribution is 6.70. The zero-order valence-electron chi connectivity index (χ0n) is 13.0. The molecule has 0 radical (unpaired) electrons. The van der Waals surface area contributed by atoms with Crippen molar-refractivity contribution >= 4 is 22.5 Å². The fraction of sp³-hybridized carbons (Fsp3) is 0.467. The topological polar surface area (TPSA) is 45.5 Å². The Kier molecular flexibility index (Phi) is 3.04. The summed E-state index contributed by atoms with van der Waals surface area (Å²) in [4.78, 5) is 4.53. The number of halogens is 1. The lowest BCUT2D eigenvalue weighted by atomic mass is 9.90. The molecule has 21 heavy (non-hydrogen) atoms. The van der Waals surface area contributed by atoms with Gasteiger partial charge in [-0.2, -0.15) is 5.10 Å². The minimum atomic E-state index is -0.327. The second-order valence-electron chi connectivity index (χ2n) is 6.74. The first-order chi connectivity index (χ1) is 9.69. The van der Waals surface area contributed by atoms with E-state index in [1.54, 1.807) is 0 Å². The maximum Gasteiger partial charge on any atom is 0.136 e. The molecule has 2 aliphatic rings. The van der Waals surface area contributed by atoms with Crippen LogP contribution in [0.5, 0.6) is 0 Å². The molecular formula is C15H20ClN5. The van der Waals surface area contributed by atoms with Gasteiger partial charge in [0.05, 0.1) is 23.0 Å². The Morgan fingerprint density at radius 1 is 1.33 bits per heavy atom. The van der Waals surface area contributed by atoms with E-state index in [0.29, 0.717) is 5.17 Å². The van der Waals surface area contributed by atoms with Crippen LogP contribution in [-0.2, 0) is 5.54 Å². The normalized spacial score (nSPS) is 25.4. The molecule has 5 nitrogen and oxygen atoms in total. The smallest absolute Gasteiger partial charge is 0.136 e. The molecule has 6 heteroatoms. The quantitative estimate of drug-likeness (QED) is 0.868. The maximum absolute atomic E-state index is 6.36. The van der Waals surface area contributed by atoms with Crippen molar-refractivity contribution < 1.29 is 0 Å². The average Bonchev–Trinajstić information content (AvgIpc) is 2.92. The van der Waals surface area contributed by atoms with Crippen LogP contribution in [0.25, 0.3) is 5.70 Å². The highest BCUT2D eigenvalue weighted by Crippen LogP contribution is 2.35. The monoisotopic (exact) mass is 305 g/mol. The Morgan fingerprint density at radius 3 is 2.67 bits per heavy atom. The third-order valence-electron chi connectivity index (χ3n) is 3.72. The minimum Gasteiger partial charge on any atom is -0.317 e. The lowest BCUT2D eigenvalue weighted by Crippen LogP contribution is -2.45. The van der Waals surface area contributed by atoms with Gasteiger partial charge in [-0.1, -0.05) is 11.6 Å². The molecule has 0 fully saturated rings. The maximum atomic E-state index is 6.36. The third-order valence-corrected chi connectivity index (χ3v) is 4.01. The first kappa shape index (κ1) is 14.4. The summed E-state index contributed by atoms with van der Waals surface area (Å²) < 4.78 is 1.94. The van der Waals surface area contributed by atoms with Crippen LogP contribution in [0.4, 0.5) is 0 Å². The van der Waals surface area contributed by atoms with Crippen molar-refractivity contribution in [2.45, 2.75) is 38.8 Å². The summed E-state index contributed by atoms with van der Waals surface area (Å²) in [6.07, 6.45) is 7.91. The van der Waals surface area contributed by atoms with Gasteiger partial charge in [0.15, 0.2) is 0 Å². The Hall–Kier alpha value is -1.59. The van der Waals surface area contributed by atoms with Crippen molar-refractivity contribution in [1.29, 1.82) is 0 Å². The number of nitrogens with one attached hydrogen (secondary N) is 1. The van der Waals surface area contributed by atoms with Crippen LogP contribution < -0.4 is 5.43 Å². The molecule has 0 saturated carbocycles. The molecule has 0 spiro atoms. The van der Waals surface area contributed by atoms with Gasteiger partial charge in [0, 0.05) is 30.6 Å². The molecule has 1 aromatic rings. The van der Waals surface area contributed by atoms with Gasteiger partial charge < -0.3 is 5.01 Å². The second-order valence-corrected chi connectivity index (χ2v) is 7.10. The van der Waals surface area contributed by atoms with Gasteiger partial charge in [-0.15, -0.1) is 0 Å². The van der Waals surface area contributed by atoms with Gasteiger partial charge in [0.25, 0.3) is 0 Å². The number of fused-ring (bicyclic) bond motifs is 1. The van der Waals surface area contributed by atoms with Crippen molar-refractivity contribution in [3.8, 4) is 0 Å². The van der Waals surface area contributed by atoms with Crippen molar-refractivity contribution in [3.05, 3.63) is 35.8 Å². The zero-order valence-corrected chi connectivity index (χ0v) is 13.7. The van der Waals surface area contributed by atoms with Crippen LogP contribution in [0.2, 0.25) is 0 Å². The van der Waals surface area contributed by atoms with E-state index in [-0.39, 0.29) is 11.1 Å². The fourth-order valence-electron chi connectivity index (χ4n) is 2.61. The van der Waals surface area contributed by atoms with Crippen LogP contribution in [0.15, 0.2) is 35.2 Å². The molecule has 0 bridgehead atoms. The van der Waals surface area contributed by atoms with Gasteiger partial charge in [-0.05, 0) is 33.8 Å². The van der Waals surface area contributed by atoms with Gasteiger partial charge in [-0.25, -0.2) is 10.4 Å². The Labute approximate surface area is 130 Å². The Morgan fingerprint density at radius 2 is 2.05 bits per heavy atom. The predicted molar refractivity (Wildman–Crippen MR) is 85.9 cm³/mol. The molecule has 0 aliphatic carbocycles. The average molecular weight is 306 g/mol. The van der Waals surface area contributed by atoms with Gasteiger partial charge in [0.2, 0.25) is 0 Å². The molecule has 2 aliphatic heterocycles. The van der Waals surface area contributed by atoms with Crippen LogP contribution in [0.1, 0.15) is 33.3 Å². The summed E-state index contributed by atoms with van der Waals surface area (Å²) >= 11 is 6.36. The number of rotatable bonds is 1. The fourth-order valence-corrected chi connectivity index (χ4v) is 2.94. The Balaban J connectivity index is 2.01. The lowest BCUT2D eigenvalue weighted by Gasteiger charge is -2.28. The molecule has 1 aromatic heterocycles. The molecule has 0 saturated heterocycles. The second kappa shape index (κ2) is 4.45. The molecule has 3 heterocycles. The van der Waals surface area contributed by atoms with E-state index in [9.17, 15) is 0 Å². The molecule has 0 amide bonds. The summed E-state index contributed by atoms with van der Waals surface area (Å²) in [6, 6.07) is 0. The summed E-state index contributed by atoms with van der Waals surface area (Å²) in [5, 5.41) is 6.86. The van der Waals surface area contributed by atoms with Crippen molar-refractivity contribution in [2.75, 3.05) is 7.05 Å². The van der Waals surface area contributed by atoms with Crippen LogP contribution in [0.3, 0.4) is 0 Å². The summed E-state index contributed by atoms with van der Waals surface area (Å²) in [7, 11) is 1.95. The van der Waals surface area contributed by atoms with Crippen molar-refractivity contribution in [2.24, 2.45) is 4.99 Å². The number of hydrogen-bond acceptors (Lipinski definition) is 4. The van der Waals surface area contributed by atoms with E-state index in [1.807, 2.05) is 35.3 Å². The number of nitrogens with zero attached hydrogens (tertiary/aromatic N) is 4. The number of aliphatic imine (C=N–C) groups is 1. The first-order valence-corrected chi connectivity index (χ1v) is 7.33. The minimum absolute atomic E-state index is 0.0538. The van der Waals surface area contributed by atoms with Gasteiger partial charge in [-0.3, -0.25) is 4.68 Å². The standard InChI is InChI=1S/C15H20ClN5/c1-14(2,3)21-8-10(7-17-21)12-6-15(4)11(13(16)18-12)9-20(5)19-15/h6-9,19H,1-5H3. The number of aromatic nitrogens is 2. The van der Waals surface area contributed by atoms with E-state index >= 15 is 0 Å². The van der Waals surface area contributed by atoms with Crippen molar-refractivity contribution in [1.82, 2.24) is 20.2 Å². The van der Waals surface area contributed by atoms with Crippen LogP contribution >= 0.6 is 11.6 Å². The molecule has 3 rings (SSSR count). The van der Waals surface area contributed by atoms with Gasteiger partial charge in [0.1, 0.15) is 5.17 Å². The Bertz CT molecular complexity index is 676. The highest BCUT2D eigenvalue weighted by Gasteiger charge is 2.38. The third kappa shape index (κ3) is 2.40. The van der Waals surface area contributed by atoms with Crippen LogP contribution in [0, 0.1) is 0 Å². The summed E-state index contributed by atoms with van der Waals surface area (Å²) in [5.41, 5.74) is 5.79. The van der Waals surface area contributed by atoms with E-state index in [1.165, 1.54) is 0 Å². The molecule has 1 unspecified atom stereocenters. The molecule has 0 aromatic carbocycles. The summed E-state index contributed by atoms with van der Waals surface area (Å²) in [5.74, 6) is 0. The SMILES string of the molecule is CN1C=C2C(Cl)=NC(c3cnn(C(C)(C)C)c3)=CC2(C)N1.